The Morgan fingerprint density at radius 2 is 2.12 bits per heavy atom. The van der Waals surface area contributed by atoms with Gasteiger partial charge in [0.15, 0.2) is 0 Å². The average molecular weight is 324 g/mol. The van der Waals surface area contributed by atoms with Crippen LogP contribution in [0.5, 0.6) is 0 Å². The molecule has 0 aliphatic carbocycles. The lowest BCUT2D eigenvalue weighted by molar-refractivity contribution is -0.123. The van der Waals surface area contributed by atoms with E-state index in [0.717, 1.165) is 18.7 Å². The Kier molecular flexibility index (Phi) is 5.11. The van der Waals surface area contributed by atoms with Crippen LogP contribution in [0, 0.1) is 0 Å². The minimum Gasteiger partial charge on any atom is -0.373 e. The third-order valence-electron chi connectivity index (χ3n) is 4.50. The SMILES string of the molecule is C[C@@H]1CN(C)c2ccccc2CN1CC(=O)NCc1cccnc1. The van der Waals surface area contributed by atoms with Crippen molar-refractivity contribution < 1.29 is 4.79 Å². The van der Waals surface area contributed by atoms with Crippen molar-refractivity contribution in [3.63, 3.8) is 0 Å². The Morgan fingerprint density at radius 3 is 2.92 bits per heavy atom. The van der Waals surface area contributed by atoms with Crippen molar-refractivity contribution in [1.82, 2.24) is 15.2 Å². The molecule has 1 aromatic carbocycles. The molecule has 0 unspecified atom stereocenters. The first-order valence-electron chi connectivity index (χ1n) is 8.32. The second-order valence-electron chi connectivity index (χ2n) is 6.40. The van der Waals surface area contributed by atoms with Crippen molar-refractivity contribution in [2.24, 2.45) is 0 Å². The minimum absolute atomic E-state index is 0.0488. The van der Waals surface area contributed by atoms with E-state index < -0.39 is 0 Å². The van der Waals surface area contributed by atoms with Gasteiger partial charge in [-0.3, -0.25) is 14.7 Å². The molecule has 0 fully saturated rings. The summed E-state index contributed by atoms with van der Waals surface area (Å²) < 4.78 is 0. The summed E-state index contributed by atoms with van der Waals surface area (Å²) in [6, 6.07) is 12.6. The number of likely N-dealkylation sites (N-methyl/N-ethyl adjacent to an activating group) is 1. The molecule has 0 radical (unpaired) electrons. The number of para-hydroxylation sites is 1. The summed E-state index contributed by atoms with van der Waals surface area (Å²) in [4.78, 5) is 20.9. The van der Waals surface area contributed by atoms with Gasteiger partial charge in [0.2, 0.25) is 5.91 Å². The summed E-state index contributed by atoms with van der Waals surface area (Å²) in [6.45, 7) is 4.81. The second kappa shape index (κ2) is 7.45. The van der Waals surface area contributed by atoms with Crippen LogP contribution in [0.2, 0.25) is 0 Å². The van der Waals surface area contributed by atoms with Crippen LogP contribution in [-0.2, 0) is 17.9 Å². The fourth-order valence-corrected chi connectivity index (χ4v) is 3.16. The molecular formula is C19H24N4O. The molecule has 2 heterocycles. The molecule has 1 aliphatic heterocycles. The Morgan fingerprint density at radius 1 is 1.29 bits per heavy atom. The molecule has 1 N–H and O–H groups in total. The average Bonchev–Trinajstić information content (AvgIpc) is 2.71. The summed E-state index contributed by atoms with van der Waals surface area (Å²) in [5.74, 6) is 0.0488. The maximum absolute atomic E-state index is 12.3. The number of benzene rings is 1. The van der Waals surface area contributed by atoms with Crippen LogP contribution in [-0.4, -0.2) is 42.0 Å². The van der Waals surface area contributed by atoms with Crippen molar-refractivity contribution in [3.8, 4) is 0 Å². The van der Waals surface area contributed by atoms with Crippen molar-refractivity contribution in [2.75, 3.05) is 25.0 Å². The van der Waals surface area contributed by atoms with Gasteiger partial charge in [-0.25, -0.2) is 0 Å². The van der Waals surface area contributed by atoms with E-state index in [1.54, 1.807) is 12.4 Å². The van der Waals surface area contributed by atoms with E-state index in [-0.39, 0.29) is 5.91 Å². The molecular weight excluding hydrogens is 300 g/mol. The van der Waals surface area contributed by atoms with E-state index in [2.05, 4.69) is 58.3 Å². The monoisotopic (exact) mass is 324 g/mol. The van der Waals surface area contributed by atoms with Gasteiger partial charge in [-0.2, -0.15) is 0 Å². The lowest BCUT2D eigenvalue weighted by Crippen LogP contribution is -2.43. The quantitative estimate of drug-likeness (QED) is 0.935. The lowest BCUT2D eigenvalue weighted by Gasteiger charge is -2.27. The molecule has 2 aromatic rings. The van der Waals surface area contributed by atoms with Gasteiger partial charge in [0.05, 0.1) is 6.54 Å². The summed E-state index contributed by atoms with van der Waals surface area (Å²) in [6.07, 6.45) is 3.51. The fourth-order valence-electron chi connectivity index (χ4n) is 3.16. The smallest absolute Gasteiger partial charge is 0.234 e. The van der Waals surface area contributed by atoms with Crippen LogP contribution in [0.15, 0.2) is 48.8 Å². The minimum atomic E-state index is 0.0488. The van der Waals surface area contributed by atoms with Crippen molar-refractivity contribution in [1.29, 1.82) is 0 Å². The van der Waals surface area contributed by atoms with Gasteiger partial charge in [-0.15, -0.1) is 0 Å². The van der Waals surface area contributed by atoms with E-state index in [0.29, 0.717) is 19.1 Å². The first kappa shape index (κ1) is 16.5. The molecule has 5 heteroatoms. The first-order valence-corrected chi connectivity index (χ1v) is 8.32. The van der Waals surface area contributed by atoms with E-state index in [4.69, 9.17) is 0 Å². The summed E-state index contributed by atoms with van der Waals surface area (Å²) in [5, 5.41) is 2.99. The molecule has 0 saturated heterocycles. The summed E-state index contributed by atoms with van der Waals surface area (Å²) in [5.41, 5.74) is 3.53. The number of aromatic nitrogens is 1. The zero-order valence-corrected chi connectivity index (χ0v) is 14.3. The number of carbonyl (C=O) groups excluding carboxylic acids is 1. The van der Waals surface area contributed by atoms with Crippen LogP contribution in [0.1, 0.15) is 18.1 Å². The number of carbonyl (C=O) groups is 1. The highest BCUT2D eigenvalue weighted by atomic mass is 16.2. The molecule has 1 atom stereocenters. The molecule has 24 heavy (non-hydrogen) atoms. The predicted octanol–water partition coefficient (Wildman–Crippen LogP) is 2.04. The maximum Gasteiger partial charge on any atom is 0.234 e. The number of hydrogen-bond acceptors (Lipinski definition) is 4. The van der Waals surface area contributed by atoms with Gasteiger partial charge in [0, 0.05) is 50.8 Å². The Bertz CT molecular complexity index is 689. The third-order valence-corrected chi connectivity index (χ3v) is 4.50. The van der Waals surface area contributed by atoms with Crippen LogP contribution in [0.25, 0.3) is 0 Å². The van der Waals surface area contributed by atoms with Crippen molar-refractivity contribution in [3.05, 3.63) is 59.9 Å². The van der Waals surface area contributed by atoms with Crippen molar-refractivity contribution in [2.45, 2.75) is 26.1 Å². The van der Waals surface area contributed by atoms with Crippen LogP contribution >= 0.6 is 0 Å². The molecule has 126 valence electrons. The summed E-state index contributed by atoms with van der Waals surface area (Å²) >= 11 is 0. The molecule has 5 nitrogen and oxygen atoms in total. The maximum atomic E-state index is 12.3. The number of hydrogen-bond donors (Lipinski definition) is 1. The highest BCUT2D eigenvalue weighted by Crippen LogP contribution is 2.25. The van der Waals surface area contributed by atoms with Gasteiger partial charge in [0.25, 0.3) is 0 Å². The molecule has 0 saturated carbocycles. The second-order valence-corrected chi connectivity index (χ2v) is 6.40. The molecule has 1 amide bonds. The molecule has 3 rings (SSSR count). The molecule has 0 spiro atoms. The third kappa shape index (κ3) is 3.92. The zero-order valence-electron chi connectivity index (χ0n) is 14.3. The lowest BCUT2D eigenvalue weighted by atomic mass is 10.1. The van der Waals surface area contributed by atoms with E-state index >= 15 is 0 Å². The predicted molar refractivity (Wildman–Crippen MR) is 95.7 cm³/mol. The number of anilines is 1. The van der Waals surface area contributed by atoms with Gasteiger partial charge < -0.3 is 10.2 Å². The van der Waals surface area contributed by atoms with E-state index in [1.807, 2.05) is 12.1 Å². The zero-order chi connectivity index (χ0) is 16.9. The van der Waals surface area contributed by atoms with Gasteiger partial charge in [-0.1, -0.05) is 24.3 Å². The Hall–Kier alpha value is -2.40. The number of nitrogens with one attached hydrogen (secondary N) is 1. The first-order chi connectivity index (χ1) is 11.6. The van der Waals surface area contributed by atoms with E-state index in [9.17, 15) is 4.79 Å². The topological polar surface area (TPSA) is 48.5 Å². The van der Waals surface area contributed by atoms with Gasteiger partial charge >= 0.3 is 0 Å². The molecule has 1 aromatic heterocycles. The number of fused-ring (bicyclic) bond motifs is 1. The van der Waals surface area contributed by atoms with Gasteiger partial charge in [-0.05, 0) is 30.2 Å². The molecule has 1 aliphatic rings. The van der Waals surface area contributed by atoms with Crippen molar-refractivity contribution >= 4 is 11.6 Å². The van der Waals surface area contributed by atoms with Crippen LogP contribution in [0.3, 0.4) is 0 Å². The standard InChI is InChI=1S/C19H24N4O/c1-15-12-22(2)18-8-4-3-7-17(18)13-23(15)14-19(24)21-11-16-6-5-9-20-10-16/h3-10,15H,11-14H2,1-2H3,(H,21,24)/t15-/m1/s1. The highest BCUT2D eigenvalue weighted by Gasteiger charge is 2.24. The highest BCUT2D eigenvalue weighted by molar-refractivity contribution is 5.78. The summed E-state index contributed by atoms with van der Waals surface area (Å²) in [7, 11) is 2.11. The van der Waals surface area contributed by atoms with E-state index in [1.165, 1.54) is 11.3 Å². The van der Waals surface area contributed by atoms with Gasteiger partial charge in [0.1, 0.15) is 0 Å². The number of rotatable bonds is 4. The number of nitrogens with zero attached hydrogens (tertiary/aromatic N) is 3. The van der Waals surface area contributed by atoms with Crippen LogP contribution < -0.4 is 10.2 Å². The Labute approximate surface area is 143 Å². The van der Waals surface area contributed by atoms with Crippen LogP contribution in [0.4, 0.5) is 5.69 Å². The normalized spacial score (nSPS) is 17.9. The molecule has 0 bridgehead atoms. The number of pyridine rings is 1. The number of amides is 1. The fraction of sp³-hybridized carbons (Fsp3) is 0.368. The largest absolute Gasteiger partial charge is 0.373 e. The Balaban J connectivity index is 1.62.